The number of carbonyl (C=O) groups excluding carboxylic acids is 2. The molecule has 0 unspecified atom stereocenters. The number of nitrogen functional groups attached to an aromatic ring is 1. The van der Waals surface area contributed by atoms with Crippen molar-refractivity contribution < 1.29 is 14.0 Å². The zero-order valence-electron chi connectivity index (χ0n) is 11.1. The fraction of sp³-hybridized carbons (Fsp3) is 0.357. The minimum absolute atomic E-state index is 0.0823. The number of fused-ring (bicyclic) bond motifs is 1. The predicted octanol–water partition coefficient (Wildman–Crippen LogP) is 1.70. The van der Waals surface area contributed by atoms with Crippen LogP contribution in [0, 0.1) is 5.92 Å². The molecule has 1 fully saturated rings. The number of hydrogen-bond donors (Lipinski definition) is 1. The molecule has 1 saturated heterocycles. The molecule has 2 aromatic rings. The molecule has 0 spiro atoms. The Bertz CT molecular complexity index is 674. The molecule has 0 saturated carbocycles. The highest BCUT2D eigenvalue weighted by molar-refractivity contribution is 5.97. The van der Waals surface area contributed by atoms with Crippen molar-refractivity contribution in [2.24, 2.45) is 5.92 Å². The average Bonchev–Trinajstić information content (AvgIpc) is 2.75. The van der Waals surface area contributed by atoms with Crippen molar-refractivity contribution in [3.63, 3.8) is 0 Å². The van der Waals surface area contributed by atoms with E-state index < -0.39 is 0 Å². The summed E-state index contributed by atoms with van der Waals surface area (Å²) in [7, 11) is 0. The van der Waals surface area contributed by atoms with Gasteiger partial charge < -0.3 is 10.2 Å². The Kier molecular flexibility index (Phi) is 2.93. The summed E-state index contributed by atoms with van der Waals surface area (Å²) < 4.78 is 5.54. The molecule has 1 aliphatic rings. The Balaban J connectivity index is 1.85. The number of nitrogens with two attached hydrogens (primary N) is 1. The van der Waals surface area contributed by atoms with Gasteiger partial charge in [-0.05, 0) is 18.1 Å². The van der Waals surface area contributed by atoms with E-state index in [0.717, 1.165) is 0 Å². The molecule has 6 heteroatoms. The van der Waals surface area contributed by atoms with Crippen LogP contribution in [0.2, 0.25) is 0 Å². The maximum atomic E-state index is 11.9. The Morgan fingerprint density at radius 1 is 1.35 bits per heavy atom. The number of imide groups is 1. The van der Waals surface area contributed by atoms with Gasteiger partial charge in [-0.1, -0.05) is 6.92 Å². The van der Waals surface area contributed by atoms with E-state index in [9.17, 15) is 9.59 Å². The first-order valence-corrected chi connectivity index (χ1v) is 6.51. The van der Waals surface area contributed by atoms with E-state index in [1.165, 1.54) is 4.90 Å². The van der Waals surface area contributed by atoms with Gasteiger partial charge in [0, 0.05) is 24.6 Å². The molecular weight excluding hydrogens is 258 g/mol. The third-order valence-corrected chi connectivity index (χ3v) is 3.40. The van der Waals surface area contributed by atoms with E-state index in [1.54, 1.807) is 18.2 Å². The fourth-order valence-electron chi connectivity index (χ4n) is 2.40. The molecular formula is C14H15N3O3. The molecule has 0 aliphatic carbocycles. The van der Waals surface area contributed by atoms with E-state index in [4.69, 9.17) is 10.2 Å². The van der Waals surface area contributed by atoms with Crippen LogP contribution in [0.25, 0.3) is 11.1 Å². The molecule has 1 aliphatic heterocycles. The van der Waals surface area contributed by atoms with Crippen molar-refractivity contribution in [1.82, 2.24) is 9.88 Å². The number of amides is 2. The summed E-state index contributed by atoms with van der Waals surface area (Å²) in [5.41, 5.74) is 7.48. The predicted molar refractivity (Wildman–Crippen MR) is 72.4 cm³/mol. The quantitative estimate of drug-likeness (QED) is 0.664. The SMILES string of the molecule is CC1CC(=O)N(Cc2nc3ccc(N)cc3o2)C(=O)C1. The maximum Gasteiger partial charge on any atom is 0.229 e. The standard InChI is InChI=1S/C14H15N3O3/c1-8-4-13(18)17(14(19)5-8)7-12-16-10-3-2-9(15)6-11(10)20-12/h2-3,6,8H,4-5,7,15H2,1H3. The number of carbonyl (C=O) groups is 2. The number of rotatable bonds is 2. The molecule has 0 atom stereocenters. The Morgan fingerprint density at radius 2 is 2.05 bits per heavy atom. The van der Waals surface area contributed by atoms with Crippen molar-refractivity contribution >= 4 is 28.6 Å². The number of benzene rings is 1. The number of piperidine rings is 1. The summed E-state index contributed by atoms with van der Waals surface area (Å²) in [5, 5.41) is 0. The third-order valence-electron chi connectivity index (χ3n) is 3.40. The fourth-order valence-corrected chi connectivity index (χ4v) is 2.40. The zero-order chi connectivity index (χ0) is 14.3. The molecule has 104 valence electrons. The van der Waals surface area contributed by atoms with E-state index in [-0.39, 0.29) is 24.3 Å². The summed E-state index contributed by atoms with van der Waals surface area (Å²) >= 11 is 0. The highest BCUT2D eigenvalue weighted by Gasteiger charge is 2.31. The molecule has 1 aromatic carbocycles. The van der Waals surface area contributed by atoms with E-state index in [0.29, 0.717) is 35.5 Å². The highest BCUT2D eigenvalue weighted by atomic mass is 16.3. The van der Waals surface area contributed by atoms with Gasteiger partial charge in [-0.3, -0.25) is 14.5 Å². The number of hydrogen-bond acceptors (Lipinski definition) is 5. The van der Waals surface area contributed by atoms with Crippen molar-refractivity contribution in [3.8, 4) is 0 Å². The highest BCUT2D eigenvalue weighted by Crippen LogP contribution is 2.23. The Morgan fingerprint density at radius 3 is 2.75 bits per heavy atom. The summed E-state index contributed by atoms with van der Waals surface area (Å²) in [6.45, 7) is 1.98. The van der Waals surface area contributed by atoms with Crippen molar-refractivity contribution in [3.05, 3.63) is 24.1 Å². The second kappa shape index (κ2) is 4.63. The van der Waals surface area contributed by atoms with Crippen LogP contribution in [0.1, 0.15) is 25.7 Å². The van der Waals surface area contributed by atoms with E-state index in [1.807, 2.05) is 6.92 Å². The lowest BCUT2D eigenvalue weighted by molar-refractivity contribution is -0.150. The monoisotopic (exact) mass is 273 g/mol. The smallest absolute Gasteiger partial charge is 0.229 e. The second-order valence-electron chi connectivity index (χ2n) is 5.22. The first kappa shape index (κ1) is 12.7. The van der Waals surface area contributed by atoms with Crippen LogP contribution >= 0.6 is 0 Å². The number of oxazole rings is 1. The largest absolute Gasteiger partial charge is 0.439 e. The summed E-state index contributed by atoms with van der Waals surface area (Å²) in [6, 6.07) is 5.15. The molecule has 0 bridgehead atoms. The van der Waals surface area contributed by atoms with Crippen LogP contribution in [0.3, 0.4) is 0 Å². The first-order chi connectivity index (χ1) is 9.52. The molecule has 6 nitrogen and oxygen atoms in total. The molecule has 0 radical (unpaired) electrons. The Hall–Kier alpha value is -2.37. The van der Waals surface area contributed by atoms with Gasteiger partial charge in [0.25, 0.3) is 0 Å². The van der Waals surface area contributed by atoms with Gasteiger partial charge in [0.2, 0.25) is 17.7 Å². The van der Waals surface area contributed by atoms with Gasteiger partial charge >= 0.3 is 0 Å². The topological polar surface area (TPSA) is 89.4 Å². The van der Waals surface area contributed by atoms with Gasteiger partial charge in [-0.15, -0.1) is 0 Å². The molecule has 2 heterocycles. The lowest BCUT2D eigenvalue weighted by Crippen LogP contribution is -2.42. The zero-order valence-corrected chi connectivity index (χ0v) is 11.1. The van der Waals surface area contributed by atoms with Gasteiger partial charge in [0.15, 0.2) is 5.58 Å². The normalized spacial score (nSPS) is 17.1. The van der Waals surface area contributed by atoms with Gasteiger partial charge in [0.05, 0.1) is 0 Å². The van der Waals surface area contributed by atoms with Crippen LogP contribution in [0.4, 0.5) is 5.69 Å². The van der Waals surface area contributed by atoms with Crippen LogP contribution in [0.15, 0.2) is 22.6 Å². The lowest BCUT2D eigenvalue weighted by atomic mass is 9.98. The van der Waals surface area contributed by atoms with Crippen LogP contribution in [-0.2, 0) is 16.1 Å². The van der Waals surface area contributed by atoms with Gasteiger partial charge in [0.1, 0.15) is 12.1 Å². The van der Waals surface area contributed by atoms with Crippen LogP contribution < -0.4 is 5.73 Å². The minimum atomic E-state index is -0.171. The first-order valence-electron chi connectivity index (χ1n) is 6.51. The van der Waals surface area contributed by atoms with E-state index >= 15 is 0 Å². The van der Waals surface area contributed by atoms with Crippen LogP contribution in [0.5, 0.6) is 0 Å². The van der Waals surface area contributed by atoms with Crippen molar-refractivity contribution in [2.45, 2.75) is 26.3 Å². The molecule has 2 amide bonds. The summed E-state index contributed by atoms with van der Waals surface area (Å²) in [4.78, 5) is 29.3. The molecule has 3 rings (SSSR count). The average molecular weight is 273 g/mol. The van der Waals surface area contributed by atoms with Gasteiger partial charge in [-0.25, -0.2) is 4.98 Å². The Labute approximate surface area is 115 Å². The summed E-state index contributed by atoms with van der Waals surface area (Å²) in [5.74, 6) is 0.113. The van der Waals surface area contributed by atoms with E-state index in [2.05, 4.69) is 4.98 Å². The lowest BCUT2D eigenvalue weighted by Gasteiger charge is -2.27. The third kappa shape index (κ3) is 2.24. The second-order valence-corrected chi connectivity index (χ2v) is 5.22. The number of anilines is 1. The molecule has 2 N–H and O–H groups in total. The molecule has 20 heavy (non-hydrogen) atoms. The number of aromatic nitrogens is 1. The number of likely N-dealkylation sites (tertiary alicyclic amines) is 1. The maximum absolute atomic E-state index is 11.9. The van der Waals surface area contributed by atoms with Gasteiger partial charge in [-0.2, -0.15) is 0 Å². The number of nitrogens with zero attached hydrogens (tertiary/aromatic N) is 2. The van der Waals surface area contributed by atoms with Crippen LogP contribution in [-0.4, -0.2) is 21.7 Å². The van der Waals surface area contributed by atoms with Crippen molar-refractivity contribution in [2.75, 3.05) is 5.73 Å². The molecule has 1 aromatic heterocycles. The minimum Gasteiger partial charge on any atom is -0.439 e. The summed E-state index contributed by atoms with van der Waals surface area (Å²) in [6.07, 6.45) is 0.776. The van der Waals surface area contributed by atoms with Crippen molar-refractivity contribution in [1.29, 1.82) is 0 Å².